The summed E-state index contributed by atoms with van der Waals surface area (Å²) < 4.78 is 2.40. The molecule has 1 aromatic carbocycles. The van der Waals surface area contributed by atoms with Crippen LogP contribution in [0.15, 0.2) is 24.3 Å². The largest absolute Gasteiger partial charge is 0.399 e. The van der Waals surface area contributed by atoms with E-state index >= 15 is 0 Å². The first kappa shape index (κ1) is 11.1. The van der Waals surface area contributed by atoms with Crippen molar-refractivity contribution >= 4 is 16.6 Å². The molecule has 16 heavy (non-hydrogen) atoms. The van der Waals surface area contributed by atoms with Gasteiger partial charge in [0.15, 0.2) is 0 Å². The maximum atomic E-state index is 5.82. The Bertz CT molecular complexity index is 515. The van der Waals surface area contributed by atoms with Gasteiger partial charge in [0.2, 0.25) is 0 Å². The van der Waals surface area contributed by atoms with Crippen LogP contribution in [-0.2, 0) is 12.0 Å². The number of rotatable bonds is 1. The van der Waals surface area contributed by atoms with Crippen molar-refractivity contribution < 1.29 is 0 Å². The van der Waals surface area contributed by atoms with Crippen LogP contribution in [0.4, 0.5) is 5.69 Å². The monoisotopic (exact) mass is 216 g/mol. The highest BCUT2D eigenvalue weighted by atomic mass is 15.1. The zero-order valence-corrected chi connectivity index (χ0v) is 10.5. The number of hydrogen-bond donors (Lipinski definition) is 1. The lowest BCUT2D eigenvalue weighted by Gasteiger charge is -2.25. The highest BCUT2D eigenvalue weighted by Crippen LogP contribution is 2.29. The molecular formula is C14H20N2. The number of anilines is 1. The van der Waals surface area contributed by atoms with E-state index in [0.717, 1.165) is 12.1 Å². The molecule has 0 saturated carbocycles. The molecule has 2 rings (SSSR count). The number of aromatic nitrogens is 1. The first-order chi connectivity index (χ1) is 7.43. The third-order valence-corrected chi connectivity index (χ3v) is 2.93. The van der Waals surface area contributed by atoms with Gasteiger partial charge in [0.05, 0.1) is 0 Å². The van der Waals surface area contributed by atoms with Crippen LogP contribution in [0.1, 0.15) is 33.4 Å². The zero-order valence-electron chi connectivity index (χ0n) is 10.5. The second-order valence-electron chi connectivity index (χ2n) is 5.31. The topological polar surface area (TPSA) is 30.9 Å². The predicted octanol–water partition coefficient (Wildman–Crippen LogP) is 3.54. The molecule has 0 spiro atoms. The molecule has 86 valence electrons. The molecule has 0 aliphatic heterocycles. The van der Waals surface area contributed by atoms with Gasteiger partial charge in [-0.2, -0.15) is 0 Å². The Morgan fingerprint density at radius 2 is 1.88 bits per heavy atom. The first-order valence-electron chi connectivity index (χ1n) is 5.84. The molecule has 0 aliphatic rings. The number of aryl methyl sites for hydroxylation is 1. The minimum atomic E-state index is 0.114. The van der Waals surface area contributed by atoms with Crippen molar-refractivity contribution in [2.75, 3.05) is 5.73 Å². The average Bonchev–Trinajstić information content (AvgIpc) is 2.54. The van der Waals surface area contributed by atoms with Crippen molar-refractivity contribution in [3.05, 3.63) is 30.0 Å². The van der Waals surface area contributed by atoms with Gasteiger partial charge in [0.25, 0.3) is 0 Å². The molecule has 0 radical (unpaired) electrons. The van der Waals surface area contributed by atoms with Crippen molar-refractivity contribution in [1.29, 1.82) is 0 Å². The molecule has 0 aliphatic carbocycles. The lowest BCUT2D eigenvalue weighted by atomic mass is 10.1. The van der Waals surface area contributed by atoms with Crippen molar-refractivity contribution in [2.45, 2.75) is 39.7 Å². The molecular weight excluding hydrogens is 196 g/mol. The molecule has 2 heteroatoms. The molecule has 1 heterocycles. The third kappa shape index (κ3) is 1.69. The Morgan fingerprint density at radius 1 is 1.19 bits per heavy atom. The summed E-state index contributed by atoms with van der Waals surface area (Å²) in [6.07, 6.45) is 1.05. The Balaban J connectivity index is 2.79. The highest BCUT2D eigenvalue weighted by Gasteiger charge is 2.18. The summed E-state index contributed by atoms with van der Waals surface area (Å²) in [5.41, 5.74) is 9.42. The lowest BCUT2D eigenvalue weighted by Crippen LogP contribution is -2.23. The van der Waals surface area contributed by atoms with Crippen LogP contribution in [0.2, 0.25) is 0 Å². The first-order valence-corrected chi connectivity index (χ1v) is 5.84. The van der Waals surface area contributed by atoms with E-state index in [1.807, 2.05) is 6.07 Å². The van der Waals surface area contributed by atoms with E-state index in [9.17, 15) is 0 Å². The Hall–Kier alpha value is -1.44. The van der Waals surface area contributed by atoms with Crippen LogP contribution in [0, 0.1) is 0 Å². The quantitative estimate of drug-likeness (QED) is 0.726. The fraction of sp³-hybridized carbons (Fsp3) is 0.429. The molecule has 2 aromatic rings. The van der Waals surface area contributed by atoms with Crippen molar-refractivity contribution in [1.82, 2.24) is 4.57 Å². The zero-order chi connectivity index (χ0) is 11.9. The predicted molar refractivity (Wildman–Crippen MR) is 70.7 cm³/mol. The molecule has 0 amide bonds. The summed E-state index contributed by atoms with van der Waals surface area (Å²) in [5.74, 6) is 0. The van der Waals surface area contributed by atoms with Gasteiger partial charge in [-0.05, 0) is 51.5 Å². The molecule has 2 nitrogen and oxygen atoms in total. The van der Waals surface area contributed by atoms with Crippen LogP contribution in [0.3, 0.4) is 0 Å². The van der Waals surface area contributed by atoms with Crippen LogP contribution in [0.5, 0.6) is 0 Å². The SMILES string of the molecule is CCc1cc2cc(N)ccc2n1C(C)(C)C. The number of nitrogens with zero attached hydrogens (tertiary/aromatic N) is 1. The molecule has 1 aromatic heterocycles. The van der Waals surface area contributed by atoms with Gasteiger partial charge >= 0.3 is 0 Å². The van der Waals surface area contributed by atoms with Crippen molar-refractivity contribution in [3.63, 3.8) is 0 Å². The smallest absolute Gasteiger partial charge is 0.0488 e. The van der Waals surface area contributed by atoms with Gasteiger partial charge in [-0.3, -0.25) is 0 Å². The molecule has 0 bridgehead atoms. The number of nitrogen functional groups attached to an aromatic ring is 1. The summed E-state index contributed by atoms with van der Waals surface area (Å²) >= 11 is 0. The Kier molecular flexibility index (Phi) is 2.45. The van der Waals surface area contributed by atoms with Gasteiger partial charge in [0.1, 0.15) is 0 Å². The number of benzene rings is 1. The van der Waals surface area contributed by atoms with Crippen LogP contribution < -0.4 is 5.73 Å². The maximum Gasteiger partial charge on any atom is 0.0488 e. The lowest BCUT2D eigenvalue weighted by molar-refractivity contribution is 0.399. The van der Waals surface area contributed by atoms with E-state index in [0.29, 0.717) is 0 Å². The van der Waals surface area contributed by atoms with Crippen LogP contribution >= 0.6 is 0 Å². The van der Waals surface area contributed by atoms with Gasteiger partial charge < -0.3 is 10.3 Å². The molecule has 0 unspecified atom stereocenters. The number of fused-ring (bicyclic) bond motifs is 1. The van der Waals surface area contributed by atoms with Crippen LogP contribution in [0.25, 0.3) is 10.9 Å². The Morgan fingerprint density at radius 3 is 2.44 bits per heavy atom. The summed E-state index contributed by atoms with van der Waals surface area (Å²) in [5, 5.41) is 1.24. The molecule has 0 atom stereocenters. The van der Waals surface area contributed by atoms with E-state index in [-0.39, 0.29) is 5.54 Å². The van der Waals surface area contributed by atoms with E-state index in [1.165, 1.54) is 16.6 Å². The highest BCUT2D eigenvalue weighted by molar-refractivity contribution is 5.84. The molecule has 2 N–H and O–H groups in total. The summed E-state index contributed by atoms with van der Waals surface area (Å²) in [7, 11) is 0. The van der Waals surface area contributed by atoms with Gasteiger partial charge in [-0.25, -0.2) is 0 Å². The van der Waals surface area contributed by atoms with E-state index in [2.05, 4.69) is 50.5 Å². The normalized spacial score (nSPS) is 12.2. The molecule has 0 fully saturated rings. The average molecular weight is 216 g/mol. The fourth-order valence-electron chi connectivity index (χ4n) is 2.34. The van der Waals surface area contributed by atoms with E-state index in [4.69, 9.17) is 5.73 Å². The van der Waals surface area contributed by atoms with E-state index in [1.54, 1.807) is 0 Å². The standard InChI is InChI=1S/C14H20N2/c1-5-12-9-10-8-11(15)6-7-13(10)16(12)14(2,3)4/h6-9H,5,15H2,1-4H3. The van der Waals surface area contributed by atoms with Crippen LogP contribution in [-0.4, -0.2) is 4.57 Å². The van der Waals surface area contributed by atoms with Gasteiger partial charge in [-0.1, -0.05) is 6.92 Å². The fourth-order valence-corrected chi connectivity index (χ4v) is 2.34. The Labute approximate surface area is 97.1 Å². The van der Waals surface area contributed by atoms with Crippen molar-refractivity contribution in [2.24, 2.45) is 0 Å². The minimum Gasteiger partial charge on any atom is -0.399 e. The van der Waals surface area contributed by atoms with Gasteiger partial charge in [0, 0.05) is 27.8 Å². The second kappa shape index (κ2) is 3.55. The van der Waals surface area contributed by atoms with E-state index < -0.39 is 0 Å². The van der Waals surface area contributed by atoms with Crippen molar-refractivity contribution in [3.8, 4) is 0 Å². The second-order valence-corrected chi connectivity index (χ2v) is 5.31. The number of nitrogens with two attached hydrogens (primary N) is 1. The maximum absolute atomic E-state index is 5.82. The summed E-state index contributed by atoms with van der Waals surface area (Å²) in [6, 6.07) is 8.40. The summed E-state index contributed by atoms with van der Waals surface area (Å²) in [6.45, 7) is 8.91. The van der Waals surface area contributed by atoms with Gasteiger partial charge in [-0.15, -0.1) is 0 Å². The third-order valence-electron chi connectivity index (χ3n) is 2.93. The summed E-state index contributed by atoms with van der Waals surface area (Å²) in [4.78, 5) is 0. The molecule has 0 saturated heterocycles. The minimum absolute atomic E-state index is 0.114. The number of hydrogen-bond acceptors (Lipinski definition) is 1.